The summed E-state index contributed by atoms with van der Waals surface area (Å²) < 4.78 is 12.9. The molecule has 2 saturated heterocycles. The van der Waals surface area contributed by atoms with Crippen molar-refractivity contribution in [2.24, 2.45) is 0 Å². The van der Waals surface area contributed by atoms with Crippen LogP contribution in [0.3, 0.4) is 0 Å². The summed E-state index contributed by atoms with van der Waals surface area (Å²) in [5, 5.41) is 4.60. The lowest BCUT2D eigenvalue weighted by molar-refractivity contribution is 0.121. The number of fused-ring (bicyclic) bond motifs is 1. The van der Waals surface area contributed by atoms with E-state index >= 15 is 0 Å². The zero-order valence-electron chi connectivity index (χ0n) is 16.9. The van der Waals surface area contributed by atoms with Crippen molar-refractivity contribution in [3.05, 3.63) is 36.3 Å². The lowest BCUT2D eigenvalue weighted by Gasteiger charge is -2.28. The second-order valence-electron chi connectivity index (χ2n) is 7.59. The average Bonchev–Trinajstić information content (AvgIpc) is 3.38. The Hall–Kier alpha value is -2.71. The van der Waals surface area contributed by atoms with E-state index in [0.29, 0.717) is 6.10 Å². The van der Waals surface area contributed by atoms with Crippen LogP contribution in [0.1, 0.15) is 12.1 Å². The molecule has 0 aliphatic carbocycles. The van der Waals surface area contributed by atoms with Crippen LogP contribution < -0.4 is 9.80 Å². The molecule has 2 fully saturated rings. The topological polar surface area (TPSA) is 68.0 Å². The van der Waals surface area contributed by atoms with Gasteiger partial charge < -0.3 is 19.3 Å². The zero-order valence-corrected chi connectivity index (χ0v) is 16.9. The molecule has 2 aliphatic heterocycles. The number of anilines is 2. The van der Waals surface area contributed by atoms with Gasteiger partial charge in [0.15, 0.2) is 5.65 Å². The number of aryl methyl sites for hydroxylation is 1. The lowest BCUT2D eigenvalue weighted by atomic mass is 10.2. The van der Waals surface area contributed by atoms with Gasteiger partial charge >= 0.3 is 0 Å². The Bertz CT molecular complexity index is 996. The number of imidazole rings is 1. The molecule has 5 rings (SSSR count). The van der Waals surface area contributed by atoms with Gasteiger partial charge in [-0.25, -0.2) is 14.5 Å². The molecule has 0 unspecified atom stereocenters. The fourth-order valence-corrected chi connectivity index (χ4v) is 4.27. The predicted molar refractivity (Wildman–Crippen MR) is 112 cm³/mol. The van der Waals surface area contributed by atoms with Crippen molar-refractivity contribution in [1.29, 1.82) is 0 Å². The summed E-state index contributed by atoms with van der Waals surface area (Å²) in [6.45, 7) is 7.13. The maximum atomic E-state index is 5.49. The van der Waals surface area contributed by atoms with E-state index in [9.17, 15) is 0 Å². The van der Waals surface area contributed by atoms with E-state index in [1.165, 1.54) is 0 Å². The largest absolute Gasteiger partial charge is 0.380 e. The number of morpholine rings is 1. The quantitative estimate of drug-likeness (QED) is 0.672. The molecule has 0 radical (unpaired) electrons. The summed E-state index contributed by atoms with van der Waals surface area (Å²) in [4.78, 5) is 14.2. The van der Waals surface area contributed by atoms with Crippen LogP contribution in [0, 0.1) is 6.92 Å². The summed E-state index contributed by atoms with van der Waals surface area (Å²) >= 11 is 0. The van der Waals surface area contributed by atoms with Crippen LogP contribution >= 0.6 is 0 Å². The second kappa shape index (κ2) is 7.61. The molecule has 0 spiro atoms. The molecular weight excluding hydrogens is 368 g/mol. The first kappa shape index (κ1) is 18.3. The summed E-state index contributed by atoms with van der Waals surface area (Å²) in [6, 6.07) is 6.23. The van der Waals surface area contributed by atoms with E-state index in [-0.39, 0.29) is 0 Å². The highest BCUT2D eigenvalue weighted by Crippen LogP contribution is 2.30. The highest BCUT2D eigenvalue weighted by Gasteiger charge is 2.24. The van der Waals surface area contributed by atoms with Crippen LogP contribution in [0.2, 0.25) is 0 Å². The van der Waals surface area contributed by atoms with Crippen molar-refractivity contribution >= 4 is 17.2 Å². The van der Waals surface area contributed by atoms with E-state index in [1.54, 1.807) is 7.11 Å². The highest BCUT2D eigenvalue weighted by atomic mass is 16.5. The van der Waals surface area contributed by atoms with E-state index in [4.69, 9.17) is 19.4 Å². The Morgan fingerprint density at radius 2 is 1.97 bits per heavy atom. The summed E-state index contributed by atoms with van der Waals surface area (Å²) in [5.41, 5.74) is 4.95. The van der Waals surface area contributed by atoms with Gasteiger partial charge in [0.25, 0.3) is 0 Å². The molecule has 0 bridgehead atoms. The van der Waals surface area contributed by atoms with Gasteiger partial charge in [-0.1, -0.05) is 0 Å². The average molecular weight is 394 g/mol. The normalized spacial score (nSPS) is 20.0. The molecule has 8 heteroatoms. The summed E-state index contributed by atoms with van der Waals surface area (Å²) in [7, 11) is 1.77. The zero-order chi connectivity index (χ0) is 19.8. The number of hydrogen-bond donors (Lipinski definition) is 0. The molecule has 0 amide bonds. The smallest absolute Gasteiger partial charge is 0.178 e. The first-order valence-corrected chi connectivity index (χ1v) is 10.2. The molecule has 5 heterocycles. The minimum Gasteiger partial charge on any atom is -0.380 e. The number of ether oxygens (including phenoxy) is 2. The van der Waals surface area contributed by atoms with Crippen LogP contribution in [-0.2, 0) is 9.47 Å². The predicted octanol–water partition coefficient (Wildman–Crippen LogP) is 2.16. The molecule has 29 heavy (non-hydrogen) atoms. The van der Waals surface area contributed by atoms with Gasteiger partial charge in [-0.3, -0.25) is 0 Å². The van der Waals surface area contributed by atoms with Crippen LogP contribution in [-0.4, -0.2) is 72.2 Å². The monoisotopic (exact) mass is 394 g/mol. The summed E-state index contributed by atoms with van der Waals surface area (Å²) in [6.07, 6.45) is 5.11. The fraction of sp³-hybridized carbons (Fsp3) is 0.476. The molecule has 0 aromatic carbocycles. The van der Waals surface area contributed by atoms with Gasteiger partial charge in [0, 0.05) is 45.0 Å². The van der Waals surface area contributed by atoms with E-state index in [1.807, 2.05) is 29.9 Å². The molecule has 152 valence electrons. The van der Waals surface area contributed by atoms with Gasteiger partial charge in [0.05, 0.1) is 42.6 Å². The van der Waals surface area contributed by atoms with Crippen molar-refractivity contribution in [2.45, 2.75) is 19.4 Å². The van der Waals surface area contributed by atoms with Crippen molar-refractivity contribution in [2.75, 3.05) is 56.3 Å². The van der Waals surface area contributed by atoms with Gasteiger partial charge in [-0.2, -0.15) is 5.10 Å². The Morgan fingerprint density at radius 1 is 1.10 bits per heavy atom. The number of nitrogens with zero attached hydrogens (tertiary/aromatic N) is 6. The number of aromatic nitrogens is 4. The lowest BCUT2D eigenvalue weighted by Crippen LogP contribution is -2.36. The third kappa shape index (κ3) is 3.32. The first-order chi connectivity index (χ1) is 14.2. The number of hydrogen-bond acceptors (Lipinski definition) is 7. The van der Waals surface area contributed by atoms with E-state index < -0.39 is 0 Å². The third-order valence-corrected chi connectivity index (χ3v) is 5.85. The number of rotatable bonds is 4. The third-order valence-electron chi connectivity index (χ3n) is 5.85. The molecule has 1 atom stereocenters. The minimum atomic E-state index is 0.292. The van der Waals surface area contributed by atoms with Crippen molar-refractivity contribution in [3.8, 4) is 11.3 Å². The number of pyridine rings is 1. The van der Waals surface area contributed by atoms with E-state index in [0.717, 1.165) is 79.9 Å². The Morgan fingerprint density at radius 3 is 2.69 bits per heavy atom. The van der Waals surface area contributed by atoms with E-state index in [2.05, 4.69) is 27.0 Å². The Balaban J connectivity index is 1.48. The Labute approximate surface area is 170 Å². The van der Waals surface area contributed by atoms with Crippen LogP contribution in [0.15, 0.2) is 30.6 Å². The number of methoxy groups -OCH3 is 1. The van der Waals surface area contributed by atoms with Crippen LogP contribution in [0.5, 0.6) is 0 Å². The molecule has 2 aliphatic rings. The highest BCUT2D eigenvalue weighted by molar-refractivity contribution is 5.75. The molecular formula is C21H26N6O2. The second-order valence-corrected chi connectivity index (χ2v) is 7.59. The maximum Gasteiger partial charge on any atom is 0.178 e. The fourth-order valence-electron chi connectivity index (χ4n) is 4.27. The first-order valence-electron chi connectivity index (χ1n) is 10.2. The van der Waals surface area contributed by atoms with Crippen molar-refractivity contribution in [1.82, 2.24) is 19.6 Å². The standard InChI is InChI=1S/C21H26N6O2/c1-15-20(16-3-4-19(22-13-16)26-8-6-17(14-26)28-2)27-21(24-15)18(5-7-23-27)25-9-11-29-12-10-25/h3-5,7,13,17H,6,8-12,14H2,1-2H3/t17-/m0/s1. The Kier molecular flexibility index (Phi) is 4.81. The maximum absolute atomic E-state index is 5.49. The molecule has 0 N–H and O–H groups in total. The molecule has 8 nitrogen and oxygen atoms in total. The van der Waals surface area contributed by atoms with Crippen molar-refractivity contribution < 1.29 is 9.47 Å². The van der Waals surface area contributed by atoms with Gasteiger partial charge in [0.1, 0.15) is 5.82 Å². The van der Waals surface area contributed by atoms with Gasteiger partial charge in [-0.15, -0.1) is 0 Å². The van der Waals surface area contributed by atoms with Crippen molar-refractivity contribution in [3.63, 3.8) is 0 Å². The minimum absolute atomic E-state index is 0.292. The molecule has 3 aromatic heterocycles. The van der Waals surface area contributed by atoms with Crippen LogP contribution in [0.4, 0.5) is 11.5 Å². The SMILES string of the molecule is CO[C@H]1CCN(c2ccc(-c3c(C)nc4c(N5CCOCC5)ccnn34)cn2)C1. The summed E-state index contributed by atoms with van der Waals surface area (Å²) in [5.74, 6) is 0.988. The van der Waals surface area contributed by atoms with Gasteiger partial charge in [0.2, 0.25) is 0 Å². The molecule has 0 saturated carbocycles. The van der Waals surface area contributed by atoms with Crippen LogP contribution in [0.25, 0.3) is 16.9 Å². The molecule has 3 aromatic rings. The van der Waals surface area contributed by atoms with Gasteiger partial charge in [-0.05, 0) is 31.5 Å².